The van der Waals surface area contributed by atoms with Crippen LogP contribution in [-0.4, -0.2) is 18.6 Å². The molecule has 0 bridgehead atoms. The van der Waals surface area contributed by atoms with Gasteiger partial charge in [-0.1, -0.05) is 36.4 Å². The molecule has 1 unspecified atom stereocenters. The molecule has 110 valence electrons. The highest BCUT2D eigenvalue weighted by Gasteiger charge is 2.08. The Labute approximate surface area is 124 Å². The van der Waals surface area contributed by atoms with Crippen LogP contribution >= 0.6 is 0 Å². The summed E-state index contributed by atoms with van der Waals surface area (Å²) in [5, 5.41) is 2.78. The first-order valence-corrected chi connectivity index (χ1v) is 6.96. The van der Waals surface area contributed by atoms with Crippen molar-refractivity contribution < 1.29 is 9.53 Å². The van der Waals surface area contributed by atoms with Crippen LogP contribution in [0.2, 0.25) is 0 Å². The number of nitrogens with one attached hydrogen (secondary N) is 1. The Morgan fingerprint density at radius 1 is 1.14 bits per heavy atom. The maximum Gasteiger partial charge on any atom is 0.262 e. The largest absolute Gasteiger partial charge is 0.483 e. The van der Waals surface area contributed by atoms with Gasteiger partial charge in [-0.15, -0.1) is 0 Å². The SMILES string of the molecule is CC(N)Cc1ccccc1OCC(=O)Nc1ccccc1. The molecule has 0 aliphatic rings. The molecular formula is C17H20N2O2. The van der Waals surface area contributed by atoms with E-state index in [1.807, 2.05) is 61.5 Å². The molecule has 21 heavy (non-hydrogen) atoms. The van der Waals surface area contributed by atoms with Crippen LogP contribution in [0.1, 0.15) is 12.5 Å². The van der Waals surface area contributed by atoms with Crippen molar-refractivity contribution in [1.82, 2.24) is 0 Å². The number of ether oxygens (including phenoxy) is 1. The second-order valence-electron chi connectivity index (χ2n) is 4.99. The number of hydrogen-bond acceptors (Lipinski definition) is 3. The Bertz CT molecular complexity index is 582. The van der Waals surface area contributed by atoms with Crippen LogP contribution in [0.5, 0.6) is 5.75 Å². The number of amides is 1. The summed E-state index contributed by atoms with van der Waals surface area (Å²) in [5.41, 5.74) is 7.59. The van der Waals surface area contributed by atoms with Crippen LogP contribution in [0.15, 0.2) is 54.6 Å². The monoisotopic (exact) mass is 284 g/mol. The van der Waals surface area contributed by atoms with Gasteiger partial charge in [-0.05, 0) is 37.1 Å². The third-order valence-corrected chi connectivity index (χ3v) is 2.93. The summed E-state index contributed by atoms with van der Waals surface area (Å²) < 4.78 is 5.60. The van der Waals surface area contributed by atoms with E-state index in [1.165, 1.54) is 0 Å². The molecule has 2 aromatic rings. The van der Waals surface area contributed by atoms with Gasteiger partial charge in [0.15, 0.2) is 6.61 Å². The molecule has 0 aliphatic heterocycles. The zero-order valence-electron chi connectivity index (χ0n) is 12.1. The number of para-hydroxylation sites is 2. The van der Waals surface area contributed by atoms with E-state index in [9.17, 15) is 4.79 Å². The number of rotatable bonds is 6. The van der Waals surface area contributed by atoms with Crippen molar-refractivity contribution in [3.8, 4) is 5.75 Å². The van der Waals surface area contributed by atoms with Gasteiger partial charge in [0, 0.05) is 11.7 Å². The lowest BCUT2D eigenvalue weighted by Crippen LogP contribution is -2.22. The summed E-state index contributed by atoms with van der Waals surface area (Å²) in [6.07, 6.45) is 0.719. The van der Waals surface area contributed by atoms with E-state index in [1.54, 1.807) is 0 Å². The van der Waals surface area contributed by atoms with Crippen molar-refractivity contribution in [1.29, 1.82) is 0 Å². The Morgan fingerprint density at radius 2 is 1.81 bits per heavy atom. The topological polar surface area (TPSA) is 64.3 Å². The van der Waals surface area contributed by atoms with Gasteiger partial charge in [0.05, 0.1) is 0 Å². The van der Waals surface area contributed by atoms with Crippen molar-refractivity contribution in [3.05, 3.63) is 60.2 Å². The fourth-order valence-corrected chi connectivity index (χ4v) is 2.02. The molecule has 1 amide bonds. The highest BCUT2D eigenvalue weighted by molar-refractivity contribution is 5.91. The zero-order valence-corrected chi connectivity index (χ0v) is 12.1. The molecule has 4 heteroatoms. The highest BCUT2D eigenvalue weighted by atomic mass is 16.5. The van der Waals surface area contributed by atoms with Crippen LogP contribution in [0, 0.1) is 0 Å². The van der Waals surface area contributed by atoms with Crippen LogP contribution in [0.25, 0.3) is 0 Å². The smallest absolute Gasteiger partial charge is 0.262 e. The normalized spacial score (nSPS) is 11.7. The van der Waals surface area contributed by atoms with Gasteiger partial charge in [-0.2, -0.15) is 0 Å². The second-order valence-corrected chi connectivity index (χ2v) is 4.99. The molecule has 0 aliphatic carbocycles. The first kappa shape index (κ1) is 15.1. The van der Waals surface area contributed by atoms with Crippen LogP contribution < -0.4 is 15.8 Å². The first-order valence-electron chi connectivity index (χ1n) is 6.96. The van der Waals surface area contributed by atoms with Crippen LogP contribution in [-0.2, 0) is 11.2 Å². The zero-order chi connectivity index (χ0) is 15.1. The van der Waals surface area contributed by atoms with E-state index in [2.05, 4.69) is 5.32 Å². The average molecular weight is 284 g/mol. The van der Waals surface area contributed by atoms with E-state index >= 15 is 0 Å². The van der Waals surface area contributed by atoms with Gasteiger partial charge in [0.25, 0.3) is 5.91 Å². The summed E-state index contributed by atoms with van der Waals surface area (Å²) in [4.78, 5) is 11.9. The predicted octanol–water partition coefficient (Wildman–Crippen LogP) is 2.59. The van der Waals surface area contributed by atoms with Crippen molar-refractivity contribution in [2.75, 3.05) is 11.9 Å². The fourth-order valence-electron chi connectivity index (χ4n) is 2.02. The molecule has 0 aromatic heterocycles. The predicted molar refractivity (Wildman–Crippen MR) is 84.4 cm³/mol. The number of benzene rings is 2. The lowest BCUT2D eigenvalue weighted by Gasteiger charge is -2.13. The lowest BCUT2D eigenvalue weighted by molar-refractivity contribution is -0.118. The number of carbonyl (C=O) groups excluding carboxylic acids is 1. The summed E-state index contributed by atoms with van der Waals surface area (Å²) >= 11 is 0. The molecule has 0 saturated carbocycles. The summed E-state index contributed by atoms with van der Waals surface area (Å²) in [6.45, 7) is 1.92. The third-order valence-electron chi connectivity index (χ3n) is 2.93. The molecule has 4 nitrogen and oxygen atoms in total. The van der Waals surface area contributed by atoms with Crippen molar-refractivity contribution in [2.45, 2.75) is 19.4 Å². The molecule has 0 heterocycles. The minimum absolute atomic E-state index is 0.0230. The van der Waals surface area contributed by atoms with Gasteiger partial charge in [0.2, 0.25) is 0 Å². The minimum Gasteiger partial charge on any atom is -0.483 e. The highest BCUT2D eigenvalue weighted by Crippen LogP contribution is 2.19. The van der Waals surface area contributed by atoms with Crippen molar-refractivity contribution >= 4 is 11.6 Å². The Hall–Kier alpha value is -2.33. The molecule has 0 radical (unpaired) electrons. The molecule has 2 rings (SSSR count). The van der Waals surface area contributed by atoms with E-state index in [4.69, 9.17) is 10.5 Å². The molecule has 0 saturated heterocycles. The van der Waals surface area contributed by atoms with Gasteiger partial charge in [0.1, 0.15) is 5.75 Å². The first-order chi connectivity index (χ1) is 10.1. The molecule has 3 N–H and O–H groups in total. The second kappa shape index (κ2) is 7.45. The average Bonchev–Trinajstić information content (AvgIpc) is 2.47. The Balaban J connectivity index is 1.92. The molecule has 2 aromatic carbocycles. The lowest BCUT2D eigenvalue weighted by atomic mass is 10.1. The maximum absolute atomic E-state index is 11.9. The number of carbonyl (C=O) groups is 1. The van der Waals surface area contributed by atoms with E-state index in [-0.39, 0.29) is 18.6 Å². The quantitative estimate of drug-likeness (QED) is 0.857. The van der Waals surface area contributed by atoms with Gasteiger partial charge in [-0.3, -0.25) is 4.79 Å². The van der Waals surface area contributed by atoms with Crippen LogP contribution in [0.4, 0.5) is 5.69 Å². The van der Waals surface area contributed by atoms with Crippen molar-refractivity contribution in [2.24, 2.45) is 5.73 Å². The fraction of sp³-hybridized carbons (Fsp3) is 0.235. The summed E-state index contributed by atoms with van der Waals surface area (Å²) in [5.74, 6) is 0.523. The Kier molecular flexibility index (Phi) is 5.35. The van der Waals surface area contributed by atoms with E-state index in [0.29, 0.717) is 5.75 Å². The van der Waals surface area contributed by atoms with Gasteiger partial charge in [-0.25, -0.2) is 0 Å². The minimum atomic E-state index is -0.184. The van der Waals surface area contributed by atoms with Crippen LogP contribution in [0.3, 0.4) is 0 Å². The van der Waals surface area contributed by atoms with Crippen molar-refractivity contribution in [3.63, 3.8) is 0 Å². The summed E-state index contributed by atoms with van der Waals surface area (Å²) in [7, 11) is 0. The Morgan fingerprint density at radius 3 is 2.52 bits per heavy atom. The number of anilines is 1. The number of hydrogen-bond donors (Lipinski definition) is 2. The van der Waals surface area contributed by atoms with Gasteiger partial charge >= 0.3 is 0 Å². The molecule has 1 atom stereocenters. The maximum atomic E-state index is 11.9. The molecule has 0 fully saturated rings. The van der Waals surface area contributed by atoms with E-state index < -0.39 is 0 Å². The molecule has 0 spiro atoms. The number of nitrogens with two attached hydrogens (primary N) is 1. The summed E-state index contributed by atoms with van der Waals surface area (Å²) in [6, 6.07) is 17.0. The standard InChI is InChI=1S/C17H20N2O2/c1-13(18)11-14-7-5-6-10-16(14)21-12-17(20)19-15-8-3-2-4-9-15/h2-10,13H,11-12,18H2,1H3,(H,19,20). The molecular weight excluding hydrogens is 264 g/mol. The third kappa shape index (κ3) is 4.93. The van der Waals surface area contributed by atoms with E-state index in [0.717, 1.165) is 17.7 Å². The van der Waals surface area contributed by atoms with Gasteiger partial charge < -0.3 is 15.8 Å².